The first-order valence-electron chi connectivity index (χ1n) is 7.71. The molecule has 1 amide bonds. The van der Waals surface area contributed by atoms with Crippen molar-refractivity contribution < 1.29 is 22.4 Å². The van der Waals surface area contributed by atoms with Gasteiger partial charge >= 0.3 is 0 Å². The molecule has 0 spiro atoms. The maximum atomic E-state index is 14.1. The predicted octanol–water partition coefficient (Wildman–Crippen LogP) is 3.90. The van der Waals surface area contributed by atoms with Crippen LogP contribution in [0.25, 0.3) is 5.69 Å². The molecule has 26 heavy (non-hydrogen) atoms. The molecule has 0 saturated heterocycles. The van der Waals surface area contributed by atoms with E-state index in [0.29, 0.717) is 11.3 Å². The largest absolute Gasteiger partial charge is 0.310 e. The van der Waals surface area contributed by atoms with Gasteiger partial charge in [-0.1, -0.05) is 6.07 Å². The summed E-state index contributed by atoms with van der Waals surface area (Å²) in [5.41, 5.74) is 0.606. The van der Waals surface area contributed by atoms with Gasteiger partial charge in [-0.3, -0.25) is 9.36 Å². The van der Waals surface area contributed by atoms with Gasteiger partial charge in [-0.2, -0.15) is 0 Å². The molecule has 0 saturated carbocycles. The van der Waals surface area contributed by atoms with Crippen LogP contribution in [0.5, 0.6) is 0 Å². The Morgan fingerprint density at radius 1 is 1.00 bits per heavy atom. The van der Waals surface area contributed by atoms with E-state index in [1.54, 1.807) is 0 Å². The number of nitrogens with zero attached hydrogens (tertiary/aromatic N) is 2. The Hall–Kier alpha value is -3.16. The highest BCUT2D eigenvalue weighted by Gasteiger charge is 2.32. The topological polar surface area (TPSA) is 46.9 Å². The van der Waals surface area contributed by atoms with E-state index in [1.807, 2.05) is 0 Å². The van der Waals surface area contributed by atoms with Crippen LogP contribution in [0.15, 0.2) is 42.7 Å². The maximum Gasteiger partial charge on any atom is 0.226 e. The van der Waals surface area contributed by atoms with Gasteiger partial charge in [0.05, 0.1) is 11.4 Å². The fourth-order valence-electron chi connectivity index (χ4n) is 3.06. The number of benzene rings is 2. The van der Waals surface area contributed by atoms with Crippen LogP contribution < -0.4 is 5.32 Å². The molecule has 1 N–H and O–H groups in total. The lowest BCUT2D eigenvalue weighted by atomic mass is 9.89. The molecular formula is C18H11F4N3O. The zero-order valence-corrected chi connectivity index (χ0v) is 13.1. The van der Waals surface area contributed by atoms with Crippen LogP contribution in [0, 0.1) is 23.3 Å². The fourth-order valence-corrected chi connectivity index (χ4v) is 3.06. The van der Waals surface area contributed by atoms with Gasteiger partial charge in [0, 0.05) is 18.4 Å². The molecule has 1 atom stereocenters. The van der Waals surface area contributed by atoms with Crippen LogP contribution in [0.4, 0.5) is 23.4 Å². The van der Waals surface area contributed by atoms with Crippen LogP contribution >= 0.6 is 0 Å². The predicted molar refractivity (Wildman–Crippen MR) is 84.9 cm³/mol. The summed E-state index contributed by atoms with van der Waals surface area (Å²) >= 11 is 0. The third-order valence-corrected chi connectivity index (χ3v) is 4.29. The quantitative estimate of drug-likeness (QED) is 0.704. The highest BCUT2D eigenvalue weighted by Crippen LogP contribution is 2.38. The second kappa shape index (κ2) is 5.98. The molecule has 4 nitrogen and oxygen atoms in total. The second-order valence-corrected chi connectivity index (χ2v) is 5.92. The van der Waals surface area contributed by atoms with Gasteiger partial charge in [0.15, 0.2) is 11.6 Å². The third-order valence-electron chi connectivity index (χ3n) is 4.29. The van der Waals surface area contributed by atoms with E-state index >= 15 is 0 Å². The van der Waals surface area contributed by atoms with Crippen LogP contribution in [-0.2, 0) is 4.79 Å². The summed E-state index contributed by atoms with van der Waals surface area (Å²) in [6.07, 6.45) is 1.22. The van der Waals surface area contributed by atoms with Crippen molar-refractivity contribution in [1.29, 1.82) is 0 Å². The fraction of sp³-hybridized carbons (Fsp3) is 0.111. The van der Waals surface area contributed by atoms with Crippen molar-refractivity contribution in [3.05, 3.63) is 77.3 Å². The average Bonchev–Trinajstić information content (AvgIpc) is 3.02. The normalized spacial score (nSPS) is 16.3. The highest BCUT2D eigenvalue weighted by atomic mass is 19.2. The van der Waals surface area contributed by atoms with Crippen LogP contribution in [0.1, 0.15) is 23.6 Å². The number of aromatic nitrogens is 2. The molecule has 1 aliphatic rings. The van der Waals surface area contributed by atoms with Crippen LogP contribution in [0.2, 0.25) is 0 Å². The Balaban J connectivity index is 1.85. The first-order valence-corrected chi connectivity index (χ1v) is 7.71. The Labute approximate surface area is 145 Å². The Bertz CT molecular complexity index is 1030. The summed E-state index contributed by atoms with van der Waals surface area (Å²) in [5, 5.41) is 2.58. The molecule has 0 fully saturated rings. The SMILES string of the molecule is O=C1C[C@H](c2ccc(F)c(F)c2)c2ncn(-c3cc(F)ccc3F)c2N1. The van der Waals surface area contributed by atoms with E-state index in [9.17, 15) is 22.4 Å². The number of imidazole rings is 1. The lowest BCUT2D eigenvalue weighted by Gasteiger charge is -2.23. The minimum atomic E-state index is -1.04. The maximum absolute atomic E-state index is 14.1. The average molecular weight is 361 g/mol. The minimum absolute atomic E-state index is 0.0271. The number of hydrogen-bond donors (Lipinski definition) is 1. The Morgan fingerprint density at radius 3 is 2.54 bits per heavy atom. The van der Waals surface area contributed by atoms with Gasteiger partial charge in [-0.15, -0.1) is 0 Å². The summed E-state index contributed by atoms with van der Waals surface area (Å²) in [4.78, 5) is 16.3. The summed E-state index contributed by atoms with van der Waals surface area (Å²) in [5.74, 6) is -4.25. The highest BCUT2D eigenvalue weighted by molar-refractivity contribution is 5.94. The molecule has 1 aliphatic heterocycles. The molecule has 3 aromatic rings. The molecule has 4 rings (SSSR count). The van der Waals surface area contributed by atoms with E-state index in [2.05, 4.69) is 10.3 Å². The number of carbonyl (C=O) groups is 1. The summed E-state index contributed by atoms with van der Waals surface area (Å²) in [6.45, 7) is 0. The van der Waals surface area contributed by atoms with Gasteiger partial charge < -0.3 is 5.32 Å². The van der Waals surface area contributed by atoms with Gasteiger partial charge in [0.1, 0.15) is 23.8 Å². The Morgan fingerprint density at radius 2 is 1.77 bits per heavy atom. The molecule has 2 heterocycles. The van der Waals surface area contributed by atoms with Gasteiger partial charge in [-0.05, 0) is 29.8 Å². The molecule has 1 aromatic heterocycles. The van der Waals surface area contributed by atoms with Gasteiger partial charge in [0.2, 0.25) is 5.91 Å². The molecule has 2 aromatic carbocycles. The summed E-state index contributed by atoms with van der Waals surface area (Å²) in [6, 6.07) is 6.27. The first-order chi connectivity index (χ1) is 12.4. The van der Waals surface area contributed by atoms with Crippen LogP contribution in [-0.4, -0.2) is 15.5 Å². The standard InChI is InChI=1S/C18H11F4N3O/c19-10-2-4-13(21)15(6-10)25-8-23-17-11(7-16(26)24-18(17)25)9-1-3-12(20)14(22)5-9/h1-6,8,11H,7H2,(H,24,26)/t11-/m1/s1. The molecule has 0 unspecified atom stereocenters. The zero-order valence-electron chi connectivity index (χ0n) is 13.1. The van der Waals surface area contributed by atoms with E-state index in [4.69, 9.17) is 0 Å². The number of halogens is 4. The van der Waals surface area contributed by atoms with Crippen molar-refractivity contribution in [1.82, 2.24) is 9.55 Å². The van der Waals surface area contributed by atoms with E-state index in [1.165, 1.54) is 17.0 Å². The van der Waals surface area contributed by atoms with Gasteiger partial charge in [0.25, 0.3) is 0 Å². The molecule has 0 aliphatic carbocycles. The van der Waals surface area contributed by atoms with Crippen molar-refractivity contribution in [2.45, 2.75) is 12.3 Å². The van der Waals surface area contributed by atoms with Gasteiger partial charge in [-0.25, -0.2) is 22.5 Å². The van der Waals surface area contributed by atoms with E-state index in [0.717, 1.165) is 30.3 Å². The van der Waals surface area contributed by atoms with E-state index in [-0.39, 0.29) is 17.9 Å². The van der Waals surface area contributed by atoms with Crippen molar-refractivity contribution in [3.8, 4) is 5.69 Å². The lowest BCUT2D eigenvalue weighted by Crippen LogP contribution is -2.25. The summed E-state index contributed by atoms with van der Waals surface area (Å²) in [7, 11) is 0. The van der Waals surface area contributed by atoms with E-state index < -0.39 is 35.1 Å². The monoisotopic (exact) mass is 361 g/mol. The minimum Gasteiger partial charge on any atom is -0.310 e. The van der Waals surface area contributed by atoms with Crippen molar-refractivity contribution >= 4 is 11.7 Å². The second-order valence-electron chi connectivity index (χ2n) is 5.92. The molecule has 0 radical (unpaired) electrons. The summed E-state index contributed by atoms with van der Waals surface area (Å²) < 4.78 is 55.6. The molecule has 8 heteroatoms. The number of hydrogen-bond acceptors (Lipinski definition) is 2. The first kappa shape index (κ1) is 16.3. The van der Waals surface area contributed by atoms with Crippen molar-refractivity contribution in [2.75, 3.05) is 5.32 Å². The van der Waals surface area contributed by atoms with Crippen molar-refractivity contribution in [3.63, 3.8) is 0 Å². The smallest absolute Gasteiger partial charge is 0.226 e. The number of nitrogens with one attached hydrogen (secondary N) is 1. The zero-order chi connectivity index (χ0) is 18.4. The number of fused-ring (bicyclic) bond motifs is 1. The number of rotatable bonds is 2. The molecular weight excluding hydrogens is 350 g/mol. The number of carbonyl (C=O) groups excluding carboxylic acids is 1. The Kier molecular flexibility index (Phi) is 3.75. The van der Waals surface area contributed by atoms with Crippen molar-refractivity contribution in [2.24, 2.45) is 0 Å². The lowest BCUT2D eigenvalue weighted by molar-refractivity contribution is -0.116. The third kappa shape index (κ3) is 2.63. The molecule has 0 bridgehead atoms. The molecule has 132 valence electrons. The number of amides is 1. The van der Waals surface area contributed by atoms with Crippen LogP contribution in [0.3, 0.4) is 0 Å². The number of anilines is 1.